The van der Waals surface area contributed by atoms with Crippen molar-refractivity contribution in [1.29, 1.82) is 0 Å². The van der Waals surface area contributed by atoms with Crippen molar-refractivity contribution in [2.75, 3.05) is 12.8 Å². The molecule has 0 rings (SSSR count). The van der Waals surface area contributed by atoms with Gasteiger partial charge in [-0.25, -0.2) is 0 Å². The SMILES string of the molecule is C.C.C.C.[CH2-]CCCPC.[CH3-].[W+2]. The van der Waals surface area contributed by atoms with Crippen molar-refractivity contribution in [2.45, 2.75) is 42.5 Å². The van der Waals surface area contributed by atoms with Crippen LogP contribution in [0, 0.1) is 14.4 Å². The van der Waals surface area contributed by atoms with Gasteiger partial charge in [0.15, 0.2) is 0 Å². The largest absolute Gasteiger partial charge is 2.00 e. The molecule has 0 spiro atoms. The number of hydrogen-bond donors (Lipinski definition) is 0. The summed E-state index contributed by atoms with van der Waals surface area (Å²) in [7, 11) is 1.12. The molecular weight excluding hydrogens is 335 g/mol. The molecular formula is C10H31PW. The molecule has 0 aromatic heterocycles. The second-order valence-electron chi connectivity index (χ2n) is 1.31. The van der Waals surface area contributed by atoms with Crippen LogP contribution in [0.4, 0.5) is 0 Å². The molecule has 0 nitrogen and oxygen atoms in total. The van der Waals surface area contributed by atoms with E-state index in [0.29, 0.717) is 0 Å². The zero-order valence-corrected chi connectivity index (χ0v) is 9.67. The van der Waals surface area contributed by atoms with Crippen LogP contribution >= 0.6 is 8.58 Å². The summed E-state index contributed by atoms with van der Waals surface area (Å²) >= 11 is 0. The third-order valence-electron chi connectivity index (χ3n) is 0.677. The summed E-state index contributed by atoms with van der Waals surface area (Å²) in [6.45, 7) is 5.96. The van der Waals surface area contributed by atoms with E-state index in [-0.39, 0.29) is 58.2 Å². The van der Waals surface area contributed by atoms with Crippen molar-refractivity contribution >= 4 is 8.58 Å². The van der Waals surface area contributed by atoms with Crippen molar-refractivity contribution in [1.82, 2.24) is 0 Å². The van der Waals surface area contributed by atoms with E-state index in [2.05, 4.69) is 13.6 Å². The van der Waals surface area contributed by atoms with Crippen LogP contribution < -0.4 is 0 Å². The quantitative estimate of drug-likeness (QED) is 0.379. The molecule has 0 fully saturated rings. The maximum Gasteiger partial charge on any atom is 2.00 e. The van der Waals surface area contributed by atoms with Gasteiger partial charge in [0.25, 0.3) is 0 Å². The van der Waals surface area contributed by atoms with E-state index in [9.17, 15) is 0 Å². The second kappa shape index (κ2) is 57.2. The van der Waals surface area contributed by atoms with Crippen LogP contribution in [0.15, 0.2) is 0 Å². The third-order valence-corrected chi connectivity index (χ3v) is 1.53. The Kier molecular flexibility index (Phi) is 245. The molecule has 1 atom stereocenters. The van der Waals surface area contributed by atoms with Gasteiger partial charge in [0.05, 0.1) is 0 Å². The molecule has 0 aromatic carbocycles. The molecule has 0 aliphatic carbocycles. The molecule has 0 saturated heterocycles. The summed E-state index contributed by atoms with van der Waals surface area (Å²) in [5, 5.41) is 0. The van der Waals surface area contributed by atoms with Crippen LogP contribution in [-0.4, -0.2) is 12.8 Å². The van der Waals surface area contributed by atoms with Crippen molar-refractivity contribution in [3.63, 3.8) is 0 Å². The van der Waals surface area contributed by atoms with Crippen LogP contribution in [-0.2, 0) is 21.1 Å². The van der Waals surface area contributed by atoms with Gasteiger partial charge in [-0.15, -0.1) is 8.58 Å². The van der Waals surface area contributed by atoms with Crippen LogP contribution in [0.3, 0.4) is 0 Å². The van der Waals surface area contributed by atoms with Crippen molar-refractivity contribution in [2.24, 2.45) is 0 Å². The summed E-state index contributed by atoms with van der Waals surface area (Å²) in [6.07, 6.45) is 3.80. The fourth-order valence-electron chi connectivity index (χ4n) is 0.302. The van der Waals surface area contributed by atoms with Crippen LogP contribution in [0.5, 0.6) is 0 Å². The first-order valence-corrected chi connectivity index (χ1v) is 4.06. The standard InChI is InChI=1S/C5H12P.4CH4.CH3.W/c1-3-4-5-6-2;;;;;;/h6H,1,3-5H2,2H3;4*1H4;1H3;/q-1;;;;;-1;+2. The Hall–Kier alpha value is 1.12. The van der Waals surface area contributed by atoms with Gasteiger partial charge in [0.1, 0.15) is 0 Å². The fraction of sp³-hybridized carbons (Fsp3) is 0.800. The molecule has 0 saturated carbocycles. The number of rotatable bonds is 3. The smallest absolute Gasteiger partial charge is 0.358 e. The van der Waals surface area contributed by atoms with Gasteiger partial charge < -0.3 is 14.4 Å². The summed E-state index contributed by atoms with van der Waals surface area (Å²) in [4.78, 5) is 0. The Morgan fingerprint density at radius 2 is 1.42 bits per heavy atom. The van der Waals surface area contributed by atoms with Crippen molar-refractivity contribution < 1.29 is 21.1 Å². The second-order valence-corrected chi connectivity index (χ2v) is 2.52. The Bertz CT molecular complexity index is 21.8. The maximum absolute atomic E-state index is 3.73. The van der Waals surface area contributed by atoms with Gasteiger partial charge in [-0.1, -0.05) is 36.1 Å². The van der Waals surface area contributed by atoms with Gasteiger partial charge >= 0.3 is 21.1 Å². The van der Waals surface area contributed by atoms with Crippen molar-refractivity contribution in [3.05, 3.63) is 14.4 Å². The van der Waals surface area contributed by atoms with E-state index in [1.54, 1.807) is 0 Å². The monoisotopic (exact) mass is 366 g/mol. The summed E-state index contributed by atoms with van der Waals surface area (Å²) in [5.41, 5.74) is 0. The van der Waals surface area contributed by atoms with E-state index in [0.717, 1.165) is 15.0 Å². The first-order chi connectivity index (χ1) is 2.91. The van der Waals surface area contributed by atoms with E-state index < -0.39 is 0 Å². The zero-order valence-electron chi connectivity index (χ0n) is 5.74. The minimum Gasteiger partial charge on any atom is -0.358 e. The molecule has 82 valence electrons. The zero-order chi connectivity index (χ0) is 4.83. The van der Waals surface area contributed by atoms with Crippen LogP contribution in [0.1, 0.15) is 42.5 Å². The van der Waals surface area contributed by atoms with Crippen LogP contribution in [0.2, 0.25) is 0 Å². The summed E-state index contributed by atoms with van der Waals surface area (Å²) in [6, 6.07) is 0. The first-order valence-electron chi connectivity index (χ1n) is 2.35. The Morgan fingerprint density at radius 3 is 1.50 bits per heavy atom. The molecule has 12 heavy (non-hydrogen) atoms. The summed E-state index contributed by atoms with van der Waals surface area (Å²) < 4.78 is 0. The van der Waals surface area contributed by atoms with Gasteiger partial charge in [-0.05, 0) is 12.8 Å². The number of hydrogen-bond acceptors (Lipinski definition) is 0. The minimum absolute atomic E-state index is 0. The molecule has 0 aliphatic rings. The van der Waals surface area contributed by atoms with Gasteiger partial charge in [-0.3, -0.25) is 0 Å². The maximum atomic E-state index is 3.73. The normalized spacial score (nSPS) is 5.50. The van der Waals surface area contributed by atoms with Gasteiger partial charge in [0, 0.05) is 0 Å². The van der Waals surface area contributed by atoms with E-state index in [1.165, 1.54) is 12.6 Å². The topological polar surface area (TPSA) is 0 Å². The number of unbranched alkanes of at least 4 members (excludes halogenated alkanes) is 1. The molecule has 0 N–H and O–H groups in total. The van der Waals surface area contributed by atoms with E-state index in [1.807, 2.05) is 0 Å². The molecule has 2 heteroatoms. The third kappa shape index (κ3) is 67.1. The summed E-state index contributed by atoms with van der Waals surface area (Å²) in [5.74, 6) is 0. The average Bonchev–Trinajstić information content (AvgIpc) is 1.61. The van der Waals surface area contributed by atoms with Gasteiger partial charge in [0.2, 0.25) is 0 Å². The molecule has 0 bridgehead atoms. The molecule has 0 radical (unpaired) electrons. The predicted octanol–water partition coefficient (Wildman–Crippen LogP) is 4.90. The van der Waals surface area contributed by atoms with E-state index in [4.69, 9.17) is 0 Å². The molecule has 0 aliphatic heterocycles. The fourth-order valence-corrected chi connectivity index (χ4v) is 0.905. The first kappa shape index (κ1) is 51.5. The minimum atomic E-state index is 0. The van der Waals surface area contributed by atoms with Crippen LogP contribution in [0.25, 0.3) is 0 Å². The van der Waals surface area contributed by atoms with Crippen molar-refractivity contribution in [3.8, 4) is 0 Å². The molecule has 0 amide bonds. The Labute approximate surface area is 99.4 Å². The van der Waals surface area contributed by atoms with E-state index >= 15 is 0 Å². The molecule has 0 heterocycles. The average molecular weight is 366 g/mol. The molecule has 1 unspecified atom stereocenters. The molecule has 0 aromatic rings. The predicted molar refractivity (Wildman–Crippen MR) is 67.0 cm³/mol. The Balaban J connectivity index is -0.00000000833. The Morgan fingerprint density at radius 1 is 1.08 bits per heavy atom. The van der Waals surface area contributed by atoms with Gasteiger partial charge in [-0.2, -0.15) is 6.42 Å².